The number of nitrogens with zero attached hydrogens (tertiary/aromatic N) is 1. The Morgan fingerprint density at radius 3 is 2.94 bits per heavy atom. The van der Waals surface area contributed by atoms with E-state index in [1.807, 2.05) is 0 Å². The van der Waals surface area contributed by atoms with E-state index in [0.29, 0.717) is 0 Å². The van der Waals surface area contributed by atoms with Crippen LogP contribution >= 0.6 is 11.6 Å². The minimum atomic E-state index is 0.959. The third-order valence-electron chi connectivity index (χ3n) is 3.30. The highest BCUT2D eigenvalue weighted by molar-refractivity contribution is 6.33. The highest BCUT2D eigenvalue weighted by Gasteiger charge is 2.09. The third kappa shape index (κ3) is 1.81. The van der Waals surface area contributed by atoms with E-state index in [4.69, 9.17) is 11.6 Å². The molecule has 0 N–H and O–H groups in total. The fourth-order valence-corrected chi connectivity index (χ4v) is 2.62. The third-order valence-corrected chi connectivity index (χ3v) is 3.70. The summed E-state index contributed by atoms with van der Waals surface area (Å²) in [5.41, 5.74) is 3.64. The first-order valence-electron chi connectivity index (χ1n) is 5.86. The van der Waals surface area contributed by atoms with Crippen molar-refractivity contribution in [3.8, 4) is 0 Å². The lowest BCUT2D eigenvalue weighted by atomic mass is 9.98. The quantitative estimate of drug-likeness (QED) is 0.696. The van der Waals surface area contributed by atoms with Crippen LogP contribution in [-0.4, -0.2) is 4.57 Å². The normalized spacial score (nSPS) is 15.9. The monoisotopic (exact) mass is 243 g/mol. The van der Waals surface area contributed by atoms with Gasteiger partial charge in [0.25, 0.3) is 0 Å². The van der Waals surface area contributed by atoms with Gasteiger partial charge in [-0.05, 0) is 42.2 Å². The zero-order valence-corrected chi connectivity index (χ0v) is 10.5. The predicted molar refractivity (Wildman–Crippen MR) is 74.1 cm³/mol. The molecule has 0 fully saturated rings. The van der Waals surface area contributed by atoms with E-state index in [9.17, 15) is 0 Å². The first kappa shape index (κ1) is 10.7. The molecular weight excluding hydrogens is 230 g/mol. The van der Waals surface area contributed by atoms with E-state index in [2.05, 4.69) is 54.2 Å². The van der Waals surface area contributed by atoms with Gasteiger partial charge in [-0.2, -0.15) is 0 Å². The second-order valence-electron chi connectivity index (χ2n) is 4.46. The summed E-state index contributed by atoms with van der Waals surface area (Å²) in [7, 11) is 2.06. The van der Waals surface area contributed by atoms with Crippen LogP contribution in [0.15, 0.2) is 47.6 Å². The Balaban J connectivity index is 2.15. The molecule has 0 saturated carbocycles. The van der Waals surface area contributed by atoms with Crippen LogP contribution in [0, 0.1) is 0 Å². The molecule has 1 aromatic carbocycles. The fourth-order valence-electron chi connectivity index (χ4n) is 2.34. The summed E-state index contributed by atoms with van der Waals surface area (Å²) >= 11 is 6.30. The zero-order valence-electron chi connectivity index (χ0n) is 9.78. The zero-order chi connectivity index (χ0) is 11.8. The van der Waals surface area contributed by atoms with Crippen molar-refractivity contribution in [2.45, 2.75) is 12.8 Å². The van der Waals surface area contributed by atoms with Crippen LogP contribution in [0.3, 0.4) is 0 Å². The molecule has 0 aliphatic heterocycles. The number of benzene rings is 1. The summed E-state index contributed by atoms with van der Waals surface area (Å²) < 4.78 is 2.13. The average molecular weight is 244 g/mol. The molecule has 17 heavy (non-hydrogen) atoms. The maximum absolute atomic E-state index is 6.30. The van der Waals surface area contributed by atoms with Crippen molar-refractivity contribution >= 4 is 28.1 Å². The van der Waals surface area contributed by atoms with Crippen LogP contribution < -0.4 is 0 Å². The first-order valence-corrected chi connectivity index (χ1v) is 6.24. The molecule has 1 aromatic heterocycles. The number of hydrogen-bond acceptors (Lipinski definition) is 0. The van der Waals surface area contributed by atoms with Gasteiger partial charge >= 0.3 is 0 Å². The molecule has 0 saturated heterocycles. The Bertz CT molecular complexity index is 631. The van der Waals surface area contributed by atoms with Gasteiger partial charge in [-0.3, -0.25) is 0 Å². The lowest BCUT2D eigenvalue weighted by Crippen LogP contribution is -1.90. The number of aromatic nitrogens is 1. The van der Waals surface area contributed by atoms with Crippen LogP contribution in [-0.2, 0) is 7.05 Å². The van der Waals surface area contributed by atoms with Crippen LogP contribution in [0.4, 0.5) is 0 Å². The van der Waals surface area contributed by atoms with Gasteiger partial charge in [0.05, 0.1) is 0 Å². The molecule has 0 amide bonds. The second kappa shape index (κ2) is 4.08. The summed E-state index contributed by atoms with van der Waals surface area (Å²) in [6.45, 7) is 0. The largest absolute Gasteiger partial charge is 0.351 e. The molecule has 0 radical (unpaired) electrons. The van der Waals surface area contributed by atoms with Crippen molar-refractivity contribution < 1.29 is 0 Å². The van der Waals surface area contributed by atoms with E-state index in [0.717, 1.165) is 17.9 Å². The number of halogens is 1. The van der Waals surface area contributed by atoms with Crippen LogP contribution in [0.2, 0.25) is 0 Å². The predicted octanol–water partition coefficient (Wildman–Crippen LogP) is 4.48. The fraction of sp³-hybridized carbons (Fsp3) is 0.200. The number of rotatable bonds is 1. The Labute approximate surface area is 106 Å². The van der Waals surface area contributed by atoms with Crippen LogP contribution in [0.25, 0.3) is 16.5 Å². The molecule has 0 atom stereocenters. The van der Waals surface area contributed by atoms with Gasteiger partial charge < -0.3 is 4.57 Å². The smallest absolute Gasteiger partial charge is 0.0478 e. The van der Waals surface area contributed by atoms with E-state index >= 15 is 0 Å². The topological polar surface area (TPSA) is 4.93 Å². The maximum Gasteiger partial charge on any atom is 0.0478 e. The molecule has 0 spiro atoms. The van der Waals surface area contributed by atoms with Crippen LogP contribution in [0.5, 0.6) is 0 Å². The average Bonchev–Trinajstić information content (AvgIpc) is 2.71. The van der Waals surface area contributed by atoms with Crippen LogP contribution in [0.1, 0.15) is 18.4 Å². The highest BCUT2D eigenvalue weighted by Crippen LogP contribution is 2.31. The second-order valence-corrected chi connectivity index (χ2v) is 4.92. The molecule has 3 rings (SSSR count). The standard InChI is InChI=1S/C15H14ClN/c1-17-9-8-12-10-11(6-7-15(12)17)13-4-2-3-5-14(13)16/h2,4,6-10H,3,5H2,1H3. The van der Waals surface area contributed by atoms with Gasteiger partial charge in [0.2, 0.25) is 0 Å². The Hall–Kier alpha value is -1.47. The summed E-state index contributed by atoms with van der Waals surface area (Å²) in [5, 5.41) is 2.24. The molecule has 1 aliphatic carbocycles. The van der Waals surface area contributed by atoms with E-state index in [1.54, 1.807) is 0 Å². The number of allylic oxidation sites excluding steroid dienone is 4. The van der Waals surface area contributed by atoms with Gasteiger partial charge in [-0.15, -0.1) is 0 Å². The summed E-state index contributed by atoms with van der Waals surface area (Å²) in [4.78, 5) is 0. The van der Waals surface area contributed by atoms with E-state index < -0.39 is 0 Å². The SMILES string of the molecule is Cn1ccc2cc(C3=C(Cl)CCC=C3)ccc21. The lowest BCUT2D eigenvalue weighted by molar-refractivity contribution is 0.969. The van der Waals surface area contributed by atoms with Crippen molar-refractivity contribution in [1.29, 1.82) is 0 Å². The van der Waals surface area contributed by atoms with E-state index in [1.165, 1.54) is 22.0 Å². The molecule has 86 valence electrons. The molecule has 0 bridgehead atoms. The van der Waals surface area contributed by atoms with Crippen molar-refractivity contribution in [3.63, 3.8) is 0 Å². The minimum absolute atomic E-state index is 0.959. The Morgan fingerprint density at radius 1 is 1.24 bits per heavy atom. The highest BCUT2D eigenvalue weighted by atomic mass is 35.5. The molecule has 2 heteroatoms. The lowest BCUT2D eigenvalue weighted by Gasteiger charge is -2.11. The maximum atomic E-state index is 6.30. The van der Waals surface area contributed by atoms with Gasteiger partial charge in [0.15, 0.2) is 0 Å². The Kier molecular flexibility index (Phi) is 2.56. The first-order chi connectivity index (χ1) is 8.25. The van der Waals surface area contributed by atoms with Gasteiger partial charge in [-0.1, -0.05) is 29.8 Å². The summed E-state index contributed by atoms with van der Waals surface area (Å²) in [5.74, 6) is 0. The molecule has 1 nitrogen and oxygen atoms in total. The van der Waals surface area contributed by atoms with Crippen molar-refractivity contribution in [2.24, 2.45) is 7.05 Å². The molecule has 1 heterocycles. The van der Waals surface area contributed by atoms with Crippen molar-refractivity contribution in [1.82, 2.24) is 4.57 Å². The van der Waals surface area contributed by atoms with Gasteiger partial charge in [0.1, 0.15) is 0 Å². The Morgan fingerprint density at radius 2 is 2.12 bits per heavy atom. The van der Waals surface area contributed by atoms with Gasteiger partial charge in [0, 0.05) is 29.2 Å². The number of aryl methyl sites for hydroxylation is 1. The molecule has 0 unspecified atom stereocenters. The summed E-state index contributed by atoms with van der Waals surface area (Å²) in [6.07, 6.45) is 8.42. The van der Waals surface area contributed by atoms with Crippen molar-refractivity contribution in [2.75, 3.05) is 0 Å². The van der Waals surface area contributed by atoms with Crippen molar-refractivity contribution in [3.05, 3.63) is 53.2 Å². The molecule has 1 aliphatic rings. The molecular formula is C15H14ClN. The number of fused-ring (bicyclic) bond motifs is 1. The van der Waals surface area contributed by atoms with E-state index in [-0.39, 0.29) is 0 Å². The van der Waals surface area contributed by atoms with Gasteiger partial charge in [-0.25, -0.2) is 0 Å². The summed E-state index contributed by atoms with van der Waals surface area (Å²) in [6, 6.07) is 8.66. The number of hydrogen-bond donors (Lipinski definition) is 0. The molecule has 2 aromatic rings. The minimum Gasteiger partial charge on any atom is -0.351 e.